The van der Waals surface area contributed by atoms with Crippen LogP contribution in [0.25, 0.3) is 0 Å². The molecule has 0 bridgehead atoms. The summed E-state index contributed by atoms with van der Waals surface area (Å²) in [6.45, 7) is 0. The van der Waals surface area contributed by atoms with Crippen LogP contribution in [0.5, 0.6) is 5.75 Å². The summed E-state index contributed by atoms with van der Waals surface area (Å²) in [5, 5.41) is 8.49. The average Bonchev–Trinajstić information content (AvgIpc) is 2.26. The van der Waals surface area contributed by atoms with Crippen molar-refractivity contribution in [3.8, 4) is 5.75 Å². The van der Waals surface area contributed by atoms with Crippen molar-refractivity contribution in [3.63, 3.8) is 0 Å². The van der Waals surface area contributed by atoms with E-state index in [0.29, 0.717) is 0 Å². The first-order valence-corrected chi connectivity index (χ1v) is 4.21. The van der Waals surface area contributed by atoms with E-state index in [1.54, 1.807) is 0 Å². The van der Waals surface area contributed by atoms with Gasteiger partial charge in [-0.15, -0.1) is 0 Å². The number of carboxylic acid groups (broad SMARTS) is 1. The second-order valence-electron chi connectivity index (χ2n) is 2.89. The summed E-state index contributed by atoms with van der Waals surface area (Å²) < 4.78 is 29.4. The highest BCUT2D eigenvalue weighted by atomic mass is 19.3. The van der Waals surface area contributed by atoms with E-state index in [4.69, 9.17) is 9.84 Å². The molecule has 0 aliphatic carbocycles. The van der Waals surface area contributed by atoms with Crippen molar-refractivity contribution in [1.29, 1.82) is 0 Å². The van der Waals surface area contributed by atoms with Crippen LogP contribution in [0, 0.1) is 0 Å². The summed E-state index contributed by atoms with van der Waals surface area (Å²) in [5.41, 5.74) is -0.807. The summed E-state index contributed by atoms with van der Waals surface area (Å²) in [6, 6.07) is 3.03. The van der Waals surface area contributed by atoms with Gasteiger partial charge in [0, 0.05) is 5.56 Å². The fourth-order valence-electron chi connectivity index (χ4n) is 1.15. The number of hydrogen-bond donors (Lipinski definition) is 1. The summed E-state index contributed by atoms with van der Waals surface area (Å²) in [7, 11) is 1.22. The monoisotopic (exact) mass is 230 g/mol. The fraction of sp³-hybridized carbons (Fsp3) is 0.200. The Hall–Kier alpha value is -1.98. The third-order valence-corrected chi connectivity index (χ3v) is 1.91. The van der Waals surface area contributed by atoms with Crippen LogP contribution in [0.1, 0.15) is 22.3 Å². The summed E-state index contributed by atoms with van der Waals surface area (Å²) in [5.74, 6) is -3.04. The van der Waals surface area contributed by atoms with Crippen molar-refractivity contribution in [2.45, 2.75) is 6.43 Å². The number of carbonyl (C=O) groups is 2. The second-order valence-corrected chi connectivity index (χ2v) is 2.89. The summed E-state index contributed by atoms with van der Waals surface area (Å²) in [4.78, 5) is 21.6. The molecule has 0 amide bonds. The lowest BCUT2D eigenvalue weighted by molar-refractivity contribution is -0.131. The summed E-state index contributed by atoms with van der Waals surface area (Å²) in [6.07, 6.45) is -2.77. The van der Waals surface area contributed by atoms with Crippen molar-refractivity contribution < 1.29 is 28.2 Å². The quantitative estimate of drug-likeness (QED) is 0.633. The van der Waals surface area contributed by atoms with Crippen LogP contribution in [0.2, 0.25) is 0 Å². The predicted octanol–water partition coefficient (Wildman–Crippen LogP) is 1.90. The number of alkyl halides is 2. The topological polar surface area (TPSA) is 63.6 Å². The predicted molar refractivity (Wildman–Crippen MR) is 49.9 cm³/mol. The van der Waals surface area contributed by atoms with E-state index >= 15 is 0 Å². The molecule has 86 valence electrons. The van der Waals surface area contributed by atoms with Gasteiger partial charge in [-0.25, -0.2) is 13.6 Å². The minimum absolute atomic E-state index is 0.0446. The zero-order valence-corrected chi connectivity index (χ0v) is 8.24. The van der Waals surface area contributed by atoms with Gasteiger partial charge in [0.2, 0.25) is 0 Å². The molecular formula is C10H8F2O4. The Morgan fingerprint density at radius 3 is 2.44 bits per heavy atom. The van der Waals surface area contributed by atoms with Gasteiger partial charge in [-0.2, -0.15) is 0 Å². The molecule has 1 aromatic rings. The maximum atomic E-state index is 12.3. The number of halogens is 2. The number of carbonyl (C=O) groups excluding carboxylic acids is 1. The Morgan fingerprint density at radius 1 is 1.38 bits per heavy atom. The van der Waals surface area contributed by atoms with E-state index in [-0.39, 0.29) is 11.3 Å². The molecule has 0 heterocycles. The van der Waals surface area contributed by atoms with Crippen LogP contribution in [0.4, 0.5) is 8.78 Å². The molecule has 0 unspecified atom stereocenters. The molecule has 1 N–H and O–H groups in total. The molecule has 0 spiro atoms. The second kappa shape index (κ2) is 4.69. The lowest BCUT2D eigenvalue weighted by Gasteiger charge is -2.07. The smallest absolute Gasteiger partial charge is 0.377 e. The average molecular weight is 230 g/mol. The van der Waals surface area contributed by atoms with Crippen molar-refractivity contribution in [2.75, 3.05) is 7.11 Å². The first kappa shape index (κ1) is 12.1. The van der Waals surface area contributed by atoms with Crippen molar-refractivity contribution in [2.24, 2.45) is 0 Å². The lowest BCUT2D eigenvalue weighted by Crippen LogP contribution is -2.14. The molecular weight excluding hydrogens is 222 g/mol. The van der Waals surface area contributed by atoms with Gasteiger partial charge in [0.1, 0.15) is 5.75 Å². The zero-order valence-electron chi connectivity index (χ0n) is 8.24. The first-order chi connectivity index (χ1) is 7.47. The van der Waals surface area contributed by atoms with Crippen molar-refractivity contribution >= 4 is 11.8 Å². The normalized spacial score (nSPS) is 10.2. The Kier molecular flexibility index (Phi) is 3.55. The van der Waals surface area contributed by atoms with Gasteiger partial charge in [0.25, 0.3) is 12.2 Å². The molecule has 0 aliphatic rings. The third kappa shape index (κ3) is 2.33. The van der Waals surface area contributed by atoms with Crippen molar-refractivity contribution in [1.82, 2.24) is 0 Å². The molecule has 4 nitrogen and oxygen atoms in total. The van der Waals surface area contributed by atoms with Gasteiger partial charge >= 0.3 is 5.97 Å². The Labute approximate surface area is 89.5 Å². The summed E-state index contributed by atoms with van der Waals surface area (Å²) >= 11 is 0. The highest BCUT2D eigenvalue weighted by Crippen LogP contribution is 2.26. The molecule has 0 aromatic heterocycles. The Balaban J connectivity index is 3.27. The van der Waals surface area contributed by atoms with E-state index in [9.17, 15) is 18.4 Å². The largest absolute Gasteiger partial charge is 0.496 e. The number of rotatable bonds is 4. The van der Waals surface area contributed by atoms with E-state index in [1.165, 1.54) is 7.11 Å². The van der Waals surface area contributed by atoms with Crippen LogP contribution >= 0.6 is 0 Å². The molecule has 0 atom stereocenters. The molecule has 0 aliphatic heterocycles. The van der Waals surface area contributed by atoms with Crippen LogP contribution in [0.15, 0.2) is 18.2 Å². The van der Waals surface area contributed by atoms with E-state index in [0.717, 1.165) is 18.2 Å². The molecule has 0 fully saturated rings. The van der Waals surface area contributed by atoms with E-state index in [2.05, 4.69) is 0 Å². The minimum Gasteiger partial charge on any atom is -0.496 e. The van der Waals surface area contributed by atoms with Crippen LogP contribution in [-0.2, 0) is 4.79 Å². The number of hydrogen-bond acceptors (Lipinski definition) is 3. The Bertz CT molecular complexity index is 429. The molecule has 1 aromatic carbocycles. The molecule has 0 radical (unpaired) electrons. The first-order valence-electron chi connectivity index (χ1n) is 4.21. The number of carboxylic acids is 1. The maximum absolute atomic E-state index is 12.3. The number of ketones is 1. The molecule has 0 saturated carbocycles. The minimum atomic E-state index is -2.77. The van der Waals surface area contributed by atoms with Crippen molar-refractivity contribution in [3.05, 3.63) is 29.3 Å². The number of benzene rings is 1. The van der Waals surface area contributed by atoms with E-state index in [1.807, 2.05) is 0 Å². The SMILES string of the molecule is COc1ccc(C(F)F)cc1C(=O)C(=O)O. The van der Waals surface area contributed by atoms with Crippen LogP contribution < -0.4 is 4.74 Å². The zero-order chi connectivity index (χ0) is 12.3. The standard InChI is InChI=1S/C10H8F2O4/c1-16-7-3-2-5(9(11)12)4-6(7)8(13)10(14)15/h2-4,9H,1H3,(H,14,15). The number of Topliss-reactive ketones (excluding diaryl/α,β-unsaturated/α-hetero) is 1. The molecule has 16 heavy (non-hydrogen) atoms. The van der Waals surface area contributed by atoms with Gasteiger partial charge in [-0.1, -0.05) is 0 Å². The highest BCUT2D eigenvalue weighted by molar-refractivity contribution is 6.40. The number of aliphatic carboxylic acids is 1. The van der Waals surface area contributed by atoms with Gasteiger partial charge in [-0.3, -0.25) is 4.79 Å². The lowest BCUT2D eigenvalue weighted by atomic mass is 10.1. The van der Waals surface area contributed by atoms with Gasteiger partial charge in [0.05, 0.1) is 12.7 Å². The maximum Gasteiger partial charge on any atom is 0.377 e. The van der Waals surface area contributed by atoms with Gasteiger partial charge in [-0.05, 0) is 18.2 Å². The molecule has 1 rings (SSSR count). The van der Waals surface area contributed by atoms with Gasteiger partial charge < -0.3 is 9.84 Å². The number of methoxy groups -OCH3 is 1. The molecule has 6 heteroatoms. The molecule has 0 saturated heterocycles. The fourth-order valence-corrected chi connectivity index (χ4v) is 1.15. The highest BCUT2D eigenvalue weighted by Gasteiger charge is 2.21. The van der Waals surface area contributed by atoms with Crippen LogP contribution in [0.3, 0.4) is 0 Å². The third-order valence-electron chi connectivity index (χ3n) is 1.91. The Morgan fingerprint density at radius 2 is 2.00 bits per heavy atom. The van der Waals surface area contributed by atoms with E-state index < -0.39 is 23.7 Å². The van der Waals surface area contributed by atoms with Crippen LogP contribution in [-0.4, -0.2) is 24.0 Å². The number of ether oxygens (including phenoxy) is 1. The van der Waals surface area contributed by atoms with Gasteiger partial charge in [0.15, 0.2) is 0 Å².